The van der Waals surface area contributed by atoms with Gasteiger partial charge in [0.2, 0.25) is 0 Å². The molecule has 0 aliphatic rings. The number of carbonyl (C=O) groups excluding carboxylic acids is 3. The van der Waals surface area contributed by atoms with Gasteiger partial charge in [0, 0.05) is 6.54 Å². The van der Waals surface area contributed by atoms with E-state index < -0.39 is 30.2 Å². The summed E-state index contributed by atoms with van der Waals surface area (Å²) in [5, 5.41) is 18.3. The van der Waals surface area contributed by atoms with Crippen LogP contribution in [0.1, 0.15) is 32.8 Å². The molecule has 1 aromatic carbocycles. The highest BCUT2D eigenvalue weighted by Gasteiger charge is 2.18. The number of carbonyl (C=O) groups is 3. The fourth-order valence-corrected chi connectivity index (χ4v) is 2.28. The van der Waals surface area contributed by atoms with Gasteiger partial charge in [-0.05, 0) is 32.9 Å². The van der Waals surface area contributed by atoms with Crippen molar-refractivity contribution in [3.05, 3.63) is 42.1 Å². The molecule has 0 fully saturated rings. The number of rotatable bonds is 7. The van der Waals surface area contributed by atoms with Gasteiger partial charge in [-0.3, -0.25) is 9.59 Å². The van der Waals surface area contributed by atoms with Crippen LogP contribution < -0.4 is 10.6 Å². The van der Waals surface area contributed by atoms with Crippen molar-refractivity contribution in [2.75, 3.05) is 18.5 Å². The van der Waals surface area contributed by atoms with Crippen LogP contribution in [-0.4, -0.2) is 46.5 Å². The van der Waals surface area contributed by atoms with E-state index in [0.717, 1.165) is 0 Å². The Balaban J connectivity index is 1.84. The molecule has 0 aliphatic heterocycles. The molecule has 1 aromatic heterocycles. The van der Waals surface area contributed by atoms with E-state index in [1.165, 1.54) is 10.9 Å². The third-order valence-electron chi connectivity index (χ3n) is 3.51. The number of hydrogen-bond donors (Lipinski definition) is 2. The number of hydrogen-bond acceptors (Lipinski definition) is 7. The number of amides is 2. The first-order valence-electron chi connectivity index (χ1n) is 9.15. The Morgan fingerprint density at radius 2 is 1.90 bits per heavy atom. The van der Waals surface area contributed by atoms with Gasteiger partial charge in [0.15, 0.2) is 12.4 Å². The molecule has 0 radical (unpaired) electrons. The van der Waals surface area contributed by atoms with E-state index in [0.29, 0.717) is 5.69 Å². The summed E-state index contributed by atoms with van der Waals surface area (Å²) in [6.45, 7) is 4.63. The molecule has 2 amide bonds. The van der Waals surface area contributed by atoms with Crippen molar-refractivity contribution in [2.45, 2.75) is 32.8 Å². The summed E-state index contributed by atoms with van der Waals surface area (Å²) in [6, 6.07) is 10.9. The fourth-order valence-electron chi connectivity index (χ4n) is 2.28. The van der Waals surface area contributed by atoms with Crippen molar-refractivity contribution in [3.8, 4) is 11.8 Å². The number of ether oxygens (including phenoxy) is 2. The lowest BCUT2D eigenvalue weighted by Crippen LogP contribution is -2.34. The average molecular weight is 413 g/mol. The molecule has 0 aliphatic carbocycles. The summed E-state index contributed by atoms with van der Waals surface area (Å²) in [6.07, 6.45) is 0.556. The van der Waals surface area contributed by atoms with Gasteiger partial charge in [0.1, 0.15) is 17.2 Å². The maximum absolute atomic E-state index is 12.2. The molecule has 0 spiro atoms. The molecule has 0 atom stereocenters. The van der Waals surface area contributed by atoms with E-state index in [-0.39, 0.29) is 24.3 Å². The fraction of sp³-hybridized carbons (Fsp3) is 0.350. The van der Waals surface area contributed by atoms with Gasteiger partial charge < -0.3 is 20.1 Å². The molecule has 0 saturated heterocycles. The first-order valence-corrected chi connectivity index (χ1v) is 9.15. The standard InChI is InChI=1S/C20H23N5O5/c1-20(2,3)30-19(28)22-10-9-17(27)29-13-16(26)24-18-14(11-21)12-23-25(18)15-7-5-4-6-8-15/h4-8,12H,9-10,13H2,1-3H3,(H,22,28)(H,24,26). The van der Waals surface area contributed by atoms with Crippen LogP contribution in [0.3, 0.4) is 0 Å². The second-order valence-corrected chi connectivity index (χ2v) is 7.15. The molecule has 30 heavy (non-hydrogen) atoms. The van der Waals surface area contributed by atoms with Crippen molar-refractivity contribution in [1.82, 2.24) is 15.1 Å². The van der Waals surface area contributed by atoms with Crippen LogP contribution >= 0.6 is 0 Å². The third-order valence-corrected chi connectivity index (χ3v) is 3.51. The molecule has 1 heterocycles. The monoisotopic (exact) mass is 413 g/mol. The van der Waals surface area contributed by atoms with Gasteiger partial charge in [0.25, 0.3) is 5.91 Å². The normalized spacial score (nSPS) is 10.6. The van der Waals surface area contributed by atoms with E-state index in [1.807, 2.05) is 12.1 Å². The average Bonchev–Trinajstić information content (AvgIpc) is 3.08. The molecular formula is C20H23N5O5. The number of esters is 1. The zero-order valence-corrected chi connectivity index (χ0v) is 17.0. The van der Waals surface area contributed by atoms with Crippen LogP contribution in [0, 0.1) is 11.3 Å². The number of para-hydroxylation sites is 1. The second-order valence-electron chi connectivity index (χ2n) is 7.15. The predicted octanol–water partition coefficient (Wildman–Crippen LogP) is 2.14. The summed E-state index contributed by atoms with van der Waals surface area (Å²) in [5.41, 5.74) is 0.177. The summed E-state index contributed by atoms with van der Waals surface area (Å²) in [7, 11) is 0. The van der Waals surface area contributed by atoms with Crippen LogP contribution in [0.2, 0.25) is 0 Å². The summed E-state index contributed by atoms with van der Waals surface area (Å²) in [4.78, 5) is 35.4. The molecule has 158 valence electrons. The quantitative estimate of drug-likeness (QED) is 0.664. The Morgan fingerprint density at radius 1 is 1.20 bits per heavy atom. The Kier molecular flexibility index (Phi) is 7.52. The molecule has 2 N–H and O–H groups in total. The Hall–Kier alpha value is -3.87. The number of nitrogens with zero attached hydrogens (tertiary/aromatic N) is 3. The number of nitriles is 1. The molecule has 10 heteroatoms. The largest absolute Gasteiger partial charge is 0.456 e. The summed E-state index contributed by atoms with van der Waals surface area (Å²) in [5.74, 6) is -1.12. The number of benzene rings is 1. The van der Waals surface area contributed by atoms with E-state index in [4.69, 9.17) is 9.47 Å². The van der Waals surface area contributed by atoms with Crippen LogP contribution in [0.5, 0.6) is 0 Å². The van der Waals surface area contributed by atoms with Crippen LogP contribution in [0.15, 0.2) is 36.5 Å². The molecule has 2 rings (SSSR count). The second kappa shape index (κ2) is 10.1. The molecule has 0 bridgehead atoms. The molecular weight excluding hydrogens is 390 g/mol. The third kappa shape index (κ3) is 6.94. The molecule has 2 aromatic rings. The van der Waals surface area contributed by atoms with E-state index in [2.05, 4.69) is 15.7 Å². The highest BCUT2D eigenvalue weighted by Crippen LogP contribution is 2.19. The first-order chi connectivity index (χ1) is 14.2. The smallest absolute Gasteiger partial charge is 0.407 e. The van der Waals surface area contributed by atoms with E-state index in [9.17, 15) is 19.6 Å². The van der Waals surface area contributed by atoms with Gasteiger partial charge in [-0.1, -0.05) is 18.2 Å². The Bertz CT molecular complexity index is 941. The highest BCUT2D eigenvalue weighted by atomic mass is 16.6. The lowest BCUT2D eigenvalue weighted by molar-refractivity contribution is -0.147. The van der Waals surface area contributed by atoms with Gasteiger partial charge in [0.05, 0.1) is 18.3 Å². The lowest BCUT2D eigenvalue weighted by atomic mass is 10.2. The van der Waals surface area contributed by atoms with Crippen LogP contribution in [0.25, 0.3) is 5.69 Å². The van der Waals surface area contributed by atoms with Crippen molar-refractivity contribution in [3.63, 3.8) is 0 Å². The zero-order chi connectivity index (χ0) is 22.1. The van der Waals surface area contributed by atoms with Gasteiger partial charge in [-0.2, -0.15) is 10.4 Å². The van der Waals surface area contributed by atoms with Crippen LogP contribution in [0.4, 0.5) is 10.6 Å². The van der Waals surface area contributed by atoms with Gasteiger partial charge in [-0.25, -0.2) is 9.48 Å². The van der Waals surface area contributed by atoms with Crippen molar-refractivity contribution in [1.29, 1.82) is 5.26 Å². The van der Waals surface area contributed by atoms with E-state index >= 15 is 0 Å². The maximum atomic E-state index is 12.2. The minimum absolute atomic E-state index is 0.00865. The summed E-state index contributed by atoms with van der Waals surface area (Å²) < 4.78 is 11.3. The van der Waals surface area contributed by atoms with Crippen molar-refractivity contribution < 1.29 is 23.9 Å². The molecule has 10 nitrogen and oxygen atoms in total. The minimum atomic E-state index is -0.668. The summed E-state index contributed by atoms with van der Waals surface area (Å²) >= 11 is 0. The van der Waals surface area contributed by atoms with E-state index in [1.54, 1.807) is 45.0 Å². The van der Waals surface area contributed by atoms with Crippen LogP contribution in [-0.2, 0) is 19.1 Å². The zero-order valence-electron chi connectivity index (χ0n) is 17.0. The SMILES string of the molecule is CC(C)(C)OC(=O)NCCC(=O)OCC(=O)Nc1c(C#N)cnn1-c1ccccc1. The maximum Gasteiger partial charge on any atom is 0.407 e. The number of aromatic nitrogens is 2. The highest BCUT2D eigenvalue weighted by molar-refractivity contribution is 5.93. The minimum Gasteiger partial charge on any atom is -0.456 e. The topological polar surface area (TPSA) is 135 Å². The van der Waals surface area contributed by atoms with Crippen molar-refractivity contribution in [2.24, 2.45) is 0 Å². The Labute approximate surface area is 173 Å². The van der Waals surface area contributed by atoms with Gasteiger partial charge >= 0.3 is 12.1 Å². The predicted molar refractivity (Wildman–Crippen MR) is 107 cm³/mol. The number of anilines is 1. The number of alkyl carbamates (subject to hydrolysis) is 1. The van der Waals surface area contributed by atoms with Gasteiger partial charge in [-0.15, -0.1) is 0 Å². The molecule has 0 unspecified atom stereocenters. The number of nitrogens with one attached hydrogen (secondary N) is 2. The molecule has 0 saturated carbocycles. The lowest BCUT2D eigenvalue weighted by Gasteiger charge is -2.19. The first kappa shape index (κ1) is 22.4. The van der Waals surface area contributed by atoms with Crippen molar-refractivity contribution >= 4 is 23.8 Å². The Morgan fingerprint density at radius 3 is 2.53 bits per heavy atom.